The highest BCUT2D eigenvalue weighted by atomic mass is 16.7. The number of rotatable bonds is 45. The van der Waals surface area contributed by atoms with Crippen molar-refractivity contribution in [3.8, 4) is 11.5 Å². The van der Waals surface area contributed by atoms with Crippen molar-refractivity contribution in [1.29, 1.82) is 0 Å². The molecule has 1 rings (SSSR count). The van der Waals surface area contributed by atoms with E-state index in [1.165, 1.54) is 147 Å². The lowest BCUT2D eigenvalue weighted by Gasteiger charge is -2.21. The molecule has 0 atom stereocenters. The Kier molecular flexibility index (Phi) is 39.7. The average molecular weight is 885 g/mol. The molecule has 0 bridgehead atoms. The normalized spacial score (nSPS) is 11.3. The Bertz CT molecular complexity index is 1230. The van der Waals surface area contributed by atoms with Gasteiger partial charge in [-0.25, -0.2) is 0 Å². The Morgan fingerprint density at radius 1 is 0.349 bits per heavy atom. The second-order valence-corrected chi connectivity index (χ2v) is 18.3. The number of benzene rings is 1. The van der Waals surface area contributed by atoms with E-state index in [0.29, 0.717) is 19.3 Å². The van der Waals surface area contributed by atoms with Crippen LogP contribution >= 0.6 is 0 Å². The van der Waals surface area contributed by atoms with E-state index in [2.05, 4.69) is 27.7 Å². The van der Waals surface area contributed by atoms with E-state index in [-0.39, 0.29) is 48.7 Å². The minimum atomic E-state index is -1.45. The average Bonchev–Trinajstić information content (AvgIpc) is 3.27. The highest BCUT2D eigenvalue weighted by Crippen LogP contribution is 2.34. The first-order valence-electron chi connectivity index (χ1n) is 26.8. The van der Waals surface area contributed by atoms with Gasteiger partial charge in [0.25, 0.3) is 6.29 Å². The lowest BCUT2D eigenvalue weighted by Crippen LogP contribution is -2.20. The summed E-state index contributed by atoms with van der Waals surface area (Å²) in [5, 5.41) is 0. The van der Waals surface area contributed by atoms with E-state index >= 15 is 0 Å². The van der Waals surface area contributed by atoms with Crippen molar-refractivity contribution in [2.75, 3.05) is 0 Å². The molecule has 0 saturated heterocycles. The van der Waals surface area contributed by atoms with Crippen LogP contribution in [-0.4, -0.2) is 23.9 Å². The van der Waals surface area contributed by atoms with Gasteiger partial charge in [0.15, 0.2) is 0 Å². The fourth-order valence-corrected chi connectivity index (χ4v) is 8.05. The first-order chi connectivity index (χ1) is 30.8. The Morgan fingerprint density at radius 2 is 0.619 bits per heavy atom. The molecular weight excluding hydrogens is 789 g/mol. The topological polar surface area (TPSA) is 105 Å². The van der Waals surface area contributed by atoms with Crippen LogP contribution in [0.1, 0.15) is 296 Å². The van der Waals surface area contributed by atoms with Crippen LogP contribution in [0.2, 0.25) is 0 Å². The van der Waals surface area contributed by atoms with Gasteiger partial charge in [-0.2, -0.15) is 0 Å². The number of hydrogen-bond donors (Lipinski definition) is 0. The predicted molar refractivity (Wildman–Crippen MR) is 260 cm³/mol. The van der Waals surface area contributed by atoms with Crippen molar-refractivity contribution in [2.24, 2.45) is 0 Å². The number of carbonyl (C=O) groups excluding carboxylic acids is 4. The molecule has 0 N–H and O–H groups in total. The van der Waals surface area contributed by atoms with Crippen molar-refractivity contribution in [3.05, 3.63) is 23.8 Å². The Hall–Kier alpha value is -2.90. The first-order valence-corrected chi connectivity index (χ1v) is 26.8. The van der Waals surface area contributed by atoms with Crippen LogP contribution in [0.15, 0.2) is 18.2 Å². The molecule has 1 aromatic carbocycles. The maximum atomic E-state index is 13.4. The third-order valence-corrected chi connectivity index (χ3v) is 12.1. The molecule has 8 heteroatoms. The van der Waals surface area contributed by atoms with Gasteiger partial charge in [-0.1, -0.05) is 233 Å². The van der Waals surface area contributed by atoms with Crippen molar-refractivity contribution < 1.29 is 38.1 Å². The van der Waals surface area contributed by atoms with Crippen LogP contribution in [0, 0.1) is 0 Å². The Morgan fingerprint density at radius 3 is 0.937 bits per heavy atom. The van der Waals surface area contributed by atoms with Crippen molar-refractivity contribution in [1.82, 2.24) is 0 Å². The SMILES string of the molecule is CCCCCCCCCCCC(=O)Oc1ccc(OC(=O)CCCCCCCCCCC)c(C(OC(=O)CCCCCCCCCCC)OC(=O)CCCCCCCCCCC)c1. The first kappa shape index (κ1) is 58.1. The van der Waals surface area contributed by atoms with Gasteiger partial charge in [-0.05, 0) is 43.9 Å². The minimum absolute atomic E-state index is 0.131. The van der Waals surface area contributed by atoms with Gasteiger partial charge in [0.1, 0.15) is 11.5 Å². The van der Waals surface area contributed by atoms with Crippen LogP contribution in [-0.2, 0) is 28.7 Å². The Balaban J connectivity index is 3.07. The van der Waals surface area contributed by atoms with Crippen LogP contribution in [0.5, 0.6) is 11.5 Å². The van der Waals surface area contributed by atoms with Gasteiger partial charge in [0.05, 0.1) is 5.56 Å². The number of hydrogen-bond acceptors (Lipinski definition) is 8. The molecule has 63 heavy (non-hydrogen) atoms. The highest BCUT2D eigenvalue weighted by molar-refractivity contribution is 5.75. The molecule has 0 aliphatic heterocycles. The van der Waals surface area contributed by atoms with Crippen LogP contribution < -0.4 is 9.47 Å². The molecule has 1 aromatic rings. The molecule has 0 fully saturated rings. The standard InChI is InChI=1S/C55H96O8/c1-5-9-13-17-21-25-29-33-37-41-51(56)60-48-45-46-50(61-52(57)42-38-34-30-26-22-18-14-10-6-2)49(47-48)55(62-53(58)43-39-35-31-27-23-19-15-11-7-3)63-54(59)44-40-36-32-28-24-20-16-12-8-4/h45-47,55H,5-44H2,1-4H3. The van der Waals surface area contributed by atoms with Crippen LogP contribution in [0.3, 0.4) is 0 Å². The van der Waals surface area contributed by atoms with Gasteiger partial charge in [0.2, 0.25) is 0 Å². The van der Waals surface area contributed by atoms with Gasteiger partial charge in [0, 0.05) is 25.7 Å². The molecular formula is C55H96O8. The molecule has 0 saturated carbocycles. The van der Waals surface area contributed by atoms with Crippen molar-refractivity contribution in [2.45, 2.75) is 291 Å². The molecule has 0 aromatic heterocycles. The predicted octanol–water partition coefficient (Wildman–Crippen LogP) is 17.3. The summed E-state index contributed by atoms with van der Waals surface area (Å²) < 4.78 is 23.6. The third kappa shape index (κ3) is 35.1. The second kappa shape index (κ2) is 43.0. The molecule has 8 nitrogen and oxygen atoms in total. The van der Waals surface area contributed by atoms with Crippen molar-refractivity contribution >= 4 is 23.9 Å². The molecule has 0 spiro atoms. The van der Waals surface area contributed by atoms with Crippen LogP contribution in [0.25, 0.3) is 0 Å². The zero-order valence-corrected chi connectivity index (χ0v) is 41.4. The lowest BCUT2D eigenvalue weighted by molar-refractivity contribution is -0.190. The van der Waals surface area contributed by atoms with E-state index in [4.69, 9.17) is 18.9 Å². The summed E-state index contributed by atoms with van der Waals surface area (Å²) in [5.74, 6) is -1.39. The minimum Gasteiger partial charge on any atom is -0.427 e. The molecule has 0 radical (unpaired) electrons. The quantitative estimate of drug-likeness (QED) is 0.0276. The maximum absolute atomic E-state index is 13.4. The molecule has 364 valence electrons. The van der Waals surface area contributed by atoms with Gasteiger partial charge in [-0.3, -0.25) is 19.2 Å². The number of ether oxygens (including phenoxy) is 4. The fourth-order valence-electron chi connectivity index (χ4n) is 8.05. The second-order valence-electron chi connectivity index (χ2n) is 18.3. The number of unbranched alkanes of at least 4 members (excludes halogenated alkanes) is 32. The molecule has 0 heterocycles. The summed E-state index contributed by atoms with van der Waals surface area (Å²) >= 11 is 0. The van der Waals surface area contributed by atoms with E-state index < -0.39 is 24.2 Å². The smallest absolute Gasteiger partial charge is 0.311 e. The van der Waals surface area contributed by atoms with Gasteiger partial charge >= 0.3 is 23.9 Å². The van der Waals surface area contributed by atoms with Crippen LogP contribution in [0.4, 0.5) is 0 Å². The highest BCUT2D eigenvalue weighted by Gasteiger charge is 2.27. The van der Waals surface area contributed by atoms with E-state index in [1.807, 2.05) is 0 Å². The summed E-state index contributed by atoms with van der Waals surface area (Å²) in [5.41, 5.74) is 0.185. The fraction of sp³-hybridized carbons (Fsp3) is 0.818. The summed E-state index contributed by atoms with van der Waals surface area (Å²) in [4.78, 5) is 53.0. The zero-order chi connectivity index (χ0) is 45.9. The molecule has 0 unspecified atom stereocenters. The zero-order valence-electron chi connectivity index (χ0n) is 41.4. The maximum Gasteiger partial charge on any atom is 0.311 e. The van der Waals surface area contributed by atoms with E-state index in [9.17, 15) is 19.2 Å². The summed E-state index contributed by atoms with van der Waals surface area (Å²) in [6.45, 7) is 8.90. The summed E-state index contributed by atoms with van der Waals surface area (Å²) in [7, 11) is 0. The molecule has 0 amide bonds. The third-order valence-electron chi connectivity index (χ3n) is 12.1. The number of carbonyl (C=O) groups is 4. The van der Waals surface area contributed by atoms with E-state index in [0.717, 1.165) is 70.6 Å². The van der Waals surface area contributed by atoms with E-state index in [1.54, 1.807) is 12.1 Å². The van der Waals surface area contributed by atoms with Crippen molar-refractivity contribution in [3.63, 3.8) is 0 Å². The van der Waals surface area contributed by atoms with Gasteiger partial charge in [-0.15, -0.1) is 0 Å². The number of esters is 4. The lowest BCUT2D eigenvalue weighted by atomic mass is 10.1. The summed E-state index contributed by atoms with van der Waals surface area (Å²) in [6, 6.07) is 4.67. The van der Waals surface area contributed by atoms with Gasteiger partial charge < -0.3 is 18.9 Å². The molecule has 0 aliphatic carbocycles. The molecule has 0 aliphatic rings. The Labute approximate surface area is 386 Å². The monoisotopic (exact) mass is 885 g/mol. The summed E-state index contributed by atoms with van der Waals surface area (Å²) in [6.07, 6.45) is 40.0. The largest absolute Gasteiger partial charge is 0.427 e.